The van der Waals surface area contributed by atoms with Crippen LogP contribution in [0.25, 0.3) is 33.8 Å². The topological polar surface area (TPSA) is 82.1 Å². The lowest BCUT2D eigenvalue weighted by molar-refractivity contribution is 0.396. The van der Waals surface area contributed by atoms with Gasteiger partial charge in [0.25, 0.3) is 0 Å². The maximum atomic E-state index is 4.91. The molecular formula is C23H22N6. The first-order valence-electron chi connectivity index (χ1n) is 9.73. The third-order valence-electron chi connectivity index (χ3n) is 5.00. The van der Waals surface area contributed by atoms with Crippen LogP contribution in [0, 0.1) is 5.41 Å². The summed E-state index contributed by atoms with van der Waals surface area (Å²) in [7, 11) is 0. The lowest BCUT2D eigenvalue weighted by Gasteiger charge is -2.19. The van der Waals surface area contributed by atoms with Crippen molar-refractivity contribution in [1.82, 2.24) is 19.9 Å². The van der Waals surface area contributed by atoms with Crippen LogP contribution in [-0.4, -0.2) is 45.5 Å². The molecule has 6 heteroatoms. The molecule has 0 amide bonds. The van der Waals surface area contributed by atoms with Crippen molar-refractivity contribution < 1.29 is 0 Å². The van der Waals surface area contributed by atoms with Gasteiger partial charge in [0.2, 0.25) is 0 Å². The fourth-order valence-electron chi connectivity index (χ4n) is 3.46. The van der Waals surface area contributed by atoms with Crippen LogP contribution in [0.15, 0.2) is 58.5 Å². The Kier molecular flexibility index (Phi) is 4.12. The van der Waals surface area contributed by atoms with Crippen LogP contribution >= 0.6 is 0 Å². The first kappa shape index (κ1) is 17.6. The van der Waals surface area contributed by atoms with Crippen molar-refractivity contribution in [3.63, 3.8) is 0 Å². The minimum atomic E-state index is -0.0121. The van der Waals surface area contributed by atoms with Crippen molar-refractivity contribution >= 4 is 23.5 Å². The number of aromatic nitrogens is 4. The molecule has 6 nitrogen and oxygen atoms in total. The second-order valence-electron chi connectivity index (χ2n) is 8.17. The third kappa shape index (κ3) is 3.49. The lowest BCUT2D eigenvalue weighted by atomic mass is 9.94. The van der Waals surface area contributed by atoms with Gasteiger partial charge >= 0.3 is 0 Å². The molecule has 0 saturated heterocycles. The standard InChI is InChI=1S/C23H22N6/c1-23(2)13-24-11-15-7-9-19(26-15)21-22(20-10-8-16(27-20)12-25-14-23)29-18-6-4-3-5-17(18)28-21/h3-12,26-27H,13-14H2,1-2H3. The number of nitrogens with zero attached hydrogens (tertiary/aromatic N) is 4. The summed E-state index contributed by atoms with van der Waals surface area (Å²) >= 11 is 0. The van der Waals surface area contributed by atoms with Gasteiger partial charge in [0.05, 0.1) is 33.8 Å². The van der Waals surface area contributed by atoms with E-state index in [1.807, 2.05) is 61.0 Å². The Morgan fingerprint density at radius 2 is 1.17 bits per heavy atom. The van der Waals surface area contributed by atoms with Gasteiger partial charge in [0, 0.05) is 30.9 Å². The number of para-hydroxylation sites is 2. The first-order valence-corrected chi connectivity index (χ1v) is 9.73. The van der Waals surface area contributed by atoms with E-state index in [0.717, 1.165) is 45.2 Å². The molecule has 0 spiro atoms. The number of aromatic amines is 2. The van der Waals surface area contributed by atoms with E-state index in [0.29, 0.717) is 13.1 Å². The van der Waals surface area contributed by atoms with Gasteiger partial charge in [-0.25, -0.2) is 9.97 Å². The fourth-order valence-corrected chi connectivity index (χ4v) is 3.46. The van der Waals surface area contributed by atoms with Crippen LogP contribution in [-0.2, 0) is 0 Å². The summed E-state index contributed by atoms with van der Waals surface area (Å²) in [5, 5.41) is 0. The molecule has 2 N–H and O–H groups in total. The molecule has 1 aliphatic heterocycles. The van der Waals surface area contributed by atoms with E-state index in [4.69, 9.17) is 9.97 Å². The van der Waals surface area contributed by atoms with Gasteiger partial charge in [-0.15, -0.1) is 0 Å². The third-order valence-corrected chi connectivity index (χ3v) is 5.00. The largest absolute Gasteiger partial charge is 0.352 e. The van der Waals surface area contributed by atoms with Crippen LogP contribution in [0.3, 0.4) is 0 Å². The van der Waals surface area contributed by atoms with Gasteiger partial charge in [-0.2, -0.15) is 0 Å². The Bertz CT molecular complexity index is 1150. The number of hydrogen-bond acceptors (Lipinski definition) is 4. The maximum absolute atomic E-state index is 4.91. The first-order chi connectivity index (χ1) is 14.1. The quantitative estimate of drug-likeness (QED) is 0.469. The highest BCUT2D eigenvalue weighted by molar-refractivity contribution is 5.87. The van der Waals surface area contributed by atoms with E-state index in [2.05, 4.69) is 33.8 Å². The minimum absolute atomic E-state index is 0.0121. The number of rotatable bonds is 0. The van der Waals surface area contributed by atoms with Crippen LogP contribution in [0.2, 0.25) is 0 Å². The molecule has 0 radical (unpaired) electrons. The molecule has 0 fully saturated rings. The van der Waals surface area contributed by atoms with Gasteiger partial charge in [-0.05, 0) is 36.4 Å². The van der Waals surface area contributed by atoms with Crippen molar-refractivity contribution in [2.75, 3.05) is 13.1 Å². The van der Waals surface area contributed by atoms with Gasteiger partial charge in [0.15, 0.2) is 0 Å². The molecule has 1 aliphatic rings. The summed E-state index contributed by atoms with van der Waals surface area (Å²) in [5.74, 6) is 0. The zero-order chi connectivity index (χ0) is 19.8. The second-order valence-corrected chi connectivity index (χ2v) is 8.17. The van der Waals surface area contributed by atoms with Crippen molar-refractivity contribution in [3.8, 4) is 22.8 Å². The Balaban J connectivity index is 1.72. The summed E-state index contributed by atoms with van der Waals surface area (Å²) in [6, 6.07) is 16.0. The Morgan fingerprint density at radius 3 is 1.66 bits per heavy atom. The van der Waals surface area contributed by atoms with E-state index >= 15 is 0 Å². The maximum Gasteiger partial charge on any atom is 0.115 e. The molecule has 0 saturated carbocycles. The van der Waals surface area contributed by atoms with E-state index < -0.39 is 0 Å². The van der Waals surface area contributed by atoms with Gasteiger partial charge in [0.1, 0.15) is 11.4 Å². The zero-order valence-electron chi connectivity index (χ0n) is 16.5. The van der Waals surface area contributed by atoms with Gasteiger partial charge < -0.3 is 9.97 Å². The van der Waals surface area contributed by atoms with E-state index in [-0.39, 0.29) is 5.41 Å². The summed E-state index contributed by atoms with van der Waals surface area (Å²) in [6.07, 6.45) is 3.77. The predicted molar refractivity (Wildman–Crippen MR) is 118 cm³/mol. The zero-order valence-corrected chi connectivity index (χ0v) is 16.5. The Hall–Kier alpha value is -3.54. The minimum Gasteiger partial charge on any atom is -0.352 e. The average Bonchev–Trinajstić information content (AvgIpc) is 3.36. The highest BCUT2D eigenvalue weighted by Crippen LogP contribution is 2.30. The normalized spacial score (nSPS) is 15.7. The summed E-state index contributed by atoms with van der Waals surface area (Å²) < 4.78 is 0. The second kappa shape index (κ2) is 6.81. The average molecular weight is 382 g/mol. The van der Waals surface area contributed by atoms with Crippen molar-refractivity contribution in [3.05, 3.63) is 59.9 Å². The molecule has 4 bridgehead atoms. The molecule has 0 atom stereocenters. The van der Waals surface area contributed by atoms with Crippen LogP contribution < -0.4 is 0 Å². The summed E-state index contributed by atoms with van der Waals surface area (Å²) in [5.41, 5.74) is 7.06. The van der Waals surface area contributed by atoms with Gasteiger partial charge in [-0.1, -0.05) is 26.0 Å². The van der Waals surface area contributed by atoms with E-state index in [1.54, 1.807) is 0 Å². The molecule has 5 rings (SSSR count). The van der Waals surface area contributed by atoms with Crippen LogP contribution in [0.1, 0.15) is 25.2 Å². The van der Waals surface area contributed by atoms with Crippen LogP contribution in [0.4, 0.5) is 0 Å². The SMILES string of the molecule is CC1(C)CN=Cc2ccc([nH]2)-c2nc3ccccc3nc2-c2ccc([nH]2)C=NC1. The monoisotopic (exact) mass is 382 g/mol. The number of H-pyrrole nitrogens is 2. The highest BCUT2D eigenvalue weighted by atomic mass is 14.9. The Labute approximate surface area is 168 Å². The number of nitrogens with one attached hydrogen (secondary N) is 2. The molecule has 1 aromatic carbocycles. The number of hydrogen-bond donors (Lipinski definition) is 2. The smallest absolute Gasteiger partial charge is 0.115 e. The number of fused-ring (bicyclic) bond motifs is 8. The number of benzene rings is 1. The molecular weight excluding hydrogens is 360 g/mol. The molecule has 4 aromatic rings. The summed E-state index contributed by atoms with van der Waals surface area (Å²) in [6.45, 7) is 5.76. The summed E-state index contributed by atoms with van der Waals surface area (Å²) in [4.78, 5) is 26.0. The lowest BCUT2D eigenvalue weighted by Crippen LogP contribution is -2.19. The van der Waals surface area contributed by atoms with Crippen LogP contribution in [0.5, 0.6) is 0 Å². The van der Waals surface area contributed by atoms with E-state index in [1.165, 1.54) is 0 Å². The van der Waals surface area contributed by atoms with Gasteiger partial charge in [-0.3, -0.25) is 9.98 Å². The molecule has 29 heavy (non-hydrogen) atoms. The molecule has 0 aliphatic carbocycles. The molecule has 144 valence electrons. The van der Waals surface area contributed by atoms with Crippen molar-refractivity contribution in [2.45, 2.75) is 13.8 Å². The molecule has 0 unspecified atom stereocenters. The number of aliphatic imine (C=N–C) groups is 2. The van der Waals surface area contributed by atoms with Crippen molar-refractivity contribution in [1.29, 1.82) is 0 Å². The van der Waals surface area contributed by atoms with E-state index in [9.17, 15) is 0 Å². The molecule has 3 aromatic heterocycles. The Morgan fingerprint density at radius 1 is 0.690 bits per heavy atom. The highest BCUT2D eigenvalue weighted by Gasteiger charge is 2.18. The predicted octanol–water partition coefficient (Wildman–Crippen LogP) is 4.50. The molecule has 4 heterocycles. The fraction of sp³-hybridized carbons (Fsp3) is 0.217. The van der Waals surface area contributed by atoms with Crippen molar-refractivity contribution in [2.24, 2.45) is 15.4 Å².